The number of carbonyl (C=O) groups excluding carboxylic acids is 4. The molecule has 12 heteroatoms. The van der Waals surface area contributed by atoms with Crippen LogP contribution in [0.1, 0.15) is 39.5 Å². The maximum Gasteiger partial charge on any atom is 0.325 e. The first-order valence-electron chi connectivity index (χ1n) is 9.26. The zero-order valence-corrected chi connectivity index (χ0v) is 18.4. The number of rotatable bonds is 7. The van der Waals surface area contributed by atoms with Crippen molar-refractivity contribution in [1.82, 2.24) is 15.8 Å². The Morgan fingerprint density at radius 3 is 2.41 bits per heavy atom. The first-order chi connectivity index (χ1) is 13.5. The number of nitrogens with one attached hydrogen (secondary N) is 2. The third-order valence-electron chi connectivity index (χ3n) is 4.45. The van der Waals surface area contributed by atoms with Gasteiger partial charge in [0.1, 0.15) is 18.7 Å². The Bertz CT molecular complexity index is 653. The molecule has 1 saturated heterocycles. The minimum absolute atomic E-state index is 0.0219. The second-order valence-corrected chi connectivity index (χ2v) is 9.65. The highest BCUT2D eigenvalue weighted by Gasteiger charge is 2.40. The molecule has 2 aliphatic rings. The molecule has 0 aromatic heterocycles. The smallest absolute Gasteiger partial charge is 0.325 e. The van der Waals surface area contributed by atoms with Crippen molar-refractivity contribution in [2.75, 3.05) is 13.2 Å². The Kier molecular flexibility index (Phi) is 8.39. The molecule has 2 fully saturated rings. The number of carbonyl (C=O) groups is 4. The number of hydrogen-bond donors (Lipinski definition) is 2. The van der Waals surface area contributed by atoms with Crippen LogP contribution in [0.5, 0.6) is 0 Å². The van der Waals surface area contributed by atoms with Gasteiger partial charge in [-0.15, -0.1) is 0 Å². The van der Waals surface area contributed by atoms with Crippen molar-refractivity contribution in [3.8, 4) is 0 Å². The largest absolute Gasteiger partial charge is 0.460 e. The molecule has 0 bridgehead atoms. The summed E-state index contributed by atoms with van der Waals surface area (Å²) in [6.45, 7) is 2.69. The van der Waals surface area contributed by atoms with Gasteiger partial charge in [0.05, 0.1) is 0 Å². The SMILES string of the molecule is CC(=O)OC(C(=O)N[C@@H](C)C(=O)N1CCC[C@@H](C(=O)OCC(Cl)(Cl)Cl)N1)C1CC1. The summed E-state index contributed by atoms with van der Waals surface area (Å²) in [5.41, 5.74) is 2.78. The van der Waals surface area contributed by atoms with E-state index in [0.717, 1.165) is 12.8 Å². The number of halogens is 3. The third kappa shape index (κ3) is 7.81. The maximum atomic E-state index is 12.7. The van der Waals surface area contributed by atoms with Crippen molar-refractivity contribution in [2.45, 2.75) is 61.5 Å². The van der Waals surface area contributed by atoms with Gasteiger partial charge in [-0.05, 0) is 32.6 Å². The Labute approximate surface area is 183 Å². The number of esters is 2. The van der Waals surface area contributed by atoms with Crippen LogP contribution in [0.4, 0.5) is 0 Å². The average molecular weight is 473 g/mol. The van der Waals surface area contributed by atoms with Crippen molar-refractivity contribution in [3.63, 3.8) is 0 Å². The highest BCUT2D eigenvalue weighted by Crippen LogP contribution is 2.34. The molecule has 1 aliphatic carbocycles. The molecule has 0 aromatic carbocycles. The monoisotopic (exact) mass is 471 g/mol. The second kappa shape index (κ2) is 10.1. The third-order valence-corrected chi connectivity index (χ3v) is 4.77. The van der Waals surface area contributed by atoms with Gasteiger partial charge in [-0.25, -0.2) is 5.43 Å². The van der Waals surface area contributed by atoms with E-state index in [-0.39, 0.29) is 5.92 Å². The van der Waals surface area contributed by atoms with Crippen LogP contribution < -0.4 is 10.7 Å². The van der Waals surface area contributed by atoms with Crippen LogP contribution in [-0.4, -0.2) is 63.9 Å². The molecule has 164 valence electrons. The zero-order valence-electron chi connectivity index (χ0n) is 16.1. The summed E-state index contributed by atoms with van der Waals surface area (Å²) in [5.74, 6) is -2.17. The van der Waals surface area contributed by atoms with Gasteiger partial charge >= 0.3 is 11.9 Å². The minimum atomic E-state index is -1.72. The van der Waals surface area contributed by atoms with E-state index in [1.54, 1.807) is 0 Å². The molecular formula is C17H24Cl3N3O6. The van der Waals surface area contributed by atoms with E-state index in [4.69, 9.17) is 44.3 Å². The number of ether oxygens (including phenoxy) is 2. The molecule has 0 spiro atoms. The number of nitrogens with zero attached hydrogens (tertiary/aromatic N) is 1. The molecule has 0 aromatic rings. The van der Waals surface area contributed by atoms with Gasteiger partial charge in [-0.2, -0.15) is 0 Å². The number of amides is 2. The van der Waals surface area contributed by atoms with Crippen LogP contribution in [-0.2, 0) is 28.7 Å². The van der Waals surface area contributed by atoms with Crippen molar-refractivity contribution in [1.29, 1.82) is 0 Å². The van der Waals surface area contributed by atoms with Crippen LogP contribution in [0, 0.1) is 5.92 Å². The van der Waals surface area contributed by atoms with Gasteiger partial charge in [-0.1, -0.05) is 34.8 Å². The summed E-state index contributed by atoms with van der Waals surface area (Å²) >= 11 is 16.7. The van der Waals surface area contributed by atoms with Gasteiger partial charge in [0, 0.05) is 19.4 Å². The summed E-state index contributed by atoms with van der Waals surface area (Å²) in [6, 6.07) is -1.66. The molecule has 2 amide bonds. The van der Waals surface area contributed by atoms with Gasteiger partial charge in [0.25, 0.3) is 11.8 Å². The van der Waals surface area contributed by atoms with Crippen LogP contribution in [0.3, 0.4) is 0 Å². The van der Waals surface area contributed by atoms with E-state index in [1.165, 1.54) is 18.9 Å². The van der Waals surface area contributed by atoms with Crippen LogP contribution >= 0.6 is 34.8 Å². The van der Waals surface area contributed by atoms with Gasteiger partial charge in [0.2, 0.25) is 3.79 Å². The number of alkyl halides is 3. The minimum Gasteiger partial charge on any atom is -0.460 e. The first-order valence-corrected chi connectivity index (χ1v) is 10.4. The molecule has 1 unspecified atom stereocenters. The van der Waals surface area contributed by atoms with E-state index in [1.807, 2.05) is 0 Å². The fraction of sp³-hybridized carbons (Fsp3) is 0.765. The van der Waals surface area contributed by atoms with Crippen molar-refractivity contribution < 1.29 is 28.7 Å². The van der Waals surface area contributed by atoms with Crippen LogP contribution in [0.15, 0.2) is 0 Å². The quantitative estimate of drug-likeness (QED) is 0.423. The summed E-state index contributed by atoms with van der Waals surface area (Å²) in [7, 11) is 0. The summed E-state index contributed by atoms with van der Waals surface area (Å²) in [5, 5.41) is 3.83. The maximum absolute atomic E-state index is 12.7. The Morgan fingerprint density at radius 2 is 1.86 bits per heavy atom. The number of hydrogen-bond acceptors (Lipinski definition) is 7. The summed E-state index contributed by atoms with van der Waals surface area (Å²) in [4.78, 5) is 48.4. The Hall–Kier alpha value is -1.29. The molecule has 2 rings (SSSR count). The normalized spacial score (nSPS) is 21.7. The van der Waals surface area contributed by atoms with Crippen molar-refractivity contribution in [2.24, 2.45) is 5.92 Å². The highest BCUT2D eigenvalue weighted by molar-refractivity contribution is 6.67. The Balaban J connectivity index is 1.88. The van der Waals surface area contributed by atoms with E-state index in [0.29, 0.717) is 19.4 Å². The fourth-order valence-electron chi connectivity index (χ4n) is 2.90. The van der Waals surface area contributed by atoms with Gasteiger partial charge in [-0.3, -0.25) is 24.2 Å². The van der Waals surface area contributed by atoms with Gasteiger partial charge in [0.15, 0.2) is 6.10 Å². The van der Waals surface area contributed by atoms with Crippen LogP contribution in [0.25, 0.3) is 0 Å². The molecule has 1 saturated carbocycles. The highest BCUT2D eigenvalue weighted by atomic mass is 35.6. The molecule has 29 heavy (non-hydrogen) atoms. The fourth-order valence-corrected chi connectivity index (χ4v) is 3.06. The standard InChI is InChI=1S/C17H24Cl3N3O6/c1-9(21-14(25)13(11-5-6-11)29-10(2)24)15(26)23-7-3-4-12(22-23)16(27)28-8-17(18,19)20/h9,11-13,22H,3-8H2,1-2H3,(H,21,25)/t9-,12-,13?/m0/s1. The average Bonchev–Trinajstić information content (AvgIpc) is 3.47. The van der Waals surface area contributed by atoms with Crippen molar-refractivity contribution >= 4 is 58.6 Å². The van der Waals surface area contributed by atoms with Crippen LogP contribution in [0.2, 0.25) is 0 Å². The molecule has 9 nitrogen and oxygen atoms in total. The summed E-state index contributed by atoms with van der Waals surface area (Å²) < 4.78 is 8.30. The Morgan fingerprint density at radius 1 is 1.21 bits per heavy atom. The molecule has 0 radical (unpaired) electrons. The lowest BCUT2D eigenvalue weighted by molar-refractivity contribution is -0.156. The molecule has 2 N–H and O–H groups in total. The second-order valence-electron chi connectivity index (χ2n) is 7.13. The lowest BCUT2D eigenvalue weighted by Crippen LogP contribution is -2.60. The lowest BCUT2D eigenvalue weighted by atomic mass is 10.1. The van der Waals surface area contributed by atoms with E-state index in [9.17, 15) is 19.2 Å². The van der Waals surface area contributed by atoms with Crippen molar-refractivity contribution in [3.05, 3.63) is 0 Å². The van der Waals surface area contributed by atoms with Gasteiger partial charge < -0.3 is 14.8 Å². The zero-order chi connectivity index (χ0) is 21.8. The summed E-state index contributed by atoms with van der Waals surface area (Å²) in [6.07, 6.45) is 1.67. The molecule has 1 heterocycles. The predicted octanol–water partition coefficient (Wildman–Crippen LogP) is 1.24. The van der Waals surface area contributed by atoms with E-state index >= 15 is 0 Å². The molecular weight excluding hydrogens is 449 g/mol. The predicted molar refractivity (Wildman–Crippen MR) is 105 cm³/mol. The van der Waals surface area contributed by atoms with E-state index in [2.05, 4.69) is 10.7 Å². The lowest BCUT2D eigenvalue weighted by Gasteiger charge is -2.34. The number of hydrazine groups is 1. The van der Waals surface area contributed by atoms with E-state index < -0.39 is 52.3 Å². The molecule has 1 aliphatic heterocycles. The molecule has 3 atom stereocenters. The topological polar surface area (TPSA) is 114 Å². The first kappa shape index (κ1) is 24.0.